The number of esters is 2. The zero-order chi connectivity index (χ0) is 13.9. The van der Waals surface area contributed by atoms with E-state index in [9.17, 15) is 9.59 Å². The van der Waals surface area contributed by atoms with Gasteiger partial charge in [0.25, 0.3) is 0 Å². The van der Waals surface area contributed by atoms with Gasteiger partial charge in [-0.15, -0.1) is 0 Å². The second-order valence-corrected chi connectivity index (χ2v) is 5.33. The lowest BCUT2D eigenvalue weighted by Gasteiger charge is -2.25. The largest absolute Gasteiger partial charge is 0.463 e. The van der Waals surface area contributed by atoms with Gasteiger partial charge < -0.3 is 18.9 Å². The maximum Gasteiger partial charge on any atom is 0.310 e. The molecule has 2 heterocycles. The quantitative estimate of drug-likeness (QED) is 0.400. The van der Waals surface area contributed by atoms with Crippen molar-refractivity contribution < 1.29 is 28.5 Å². The lowest BCUT2D eigenvalue weighted by Crippen LogP contribution is -2.34. The Hall–Kier alpha value is -1.40. The van der Waals surface area contributed by atoms with Gasteiger partial charge in [-0.25, -0.2) is 0 Å². The van der Waals surface area contributed by atoms with Crippen LogP contribution in [0, 0.1) is 11.8 Å². The summed E-state index contributed by atoms with van der Waals surface area (Å²) in [6, 6.07) is 0. The molecular formula is C14H18O6. The van der Waals surface area contributed by atoms with Crippen molar-refractivity contribution in [1.82, 2.24) is 0 Å². The van der Waals surface area contributed by atoms with Gasteiger partial charge in [0, 0.05) is 0 Å². The first-order chi connectivity index (χ1) is 9.74. The van der Waals surface area contributed by atoms with Gasteiger partial charge in [0.15, 0.2) is 0 Å². The highest BCUT2D eigenvalue weighted by atomic mass is 16.6. The number of carbonyl (C=O) groups is 2. The molecule has 3 rings (SSSR count). The number of rotatable bonds is 6. The first-order valence-corrected chi connectivity index (χ1v) is 6.95. The van der Waals surface area contributed by atoms with Crippen LogP contribution in [-0.2, 0) is 28.5 Å². The van der Waals surface area contributed by atoms with Crippen molar-refractivity contribution in [3.05, 3.63) is 12.2 Å². The molecule has 0 aromatic carbocycles. The predicted molar refractivity (Wildman–Crippen MR) is 66.8 cm³/mol. The molecule has 110 valence electrons. The summed E-state index contributed by atoms with van der Waals surface area (Å²) in [5.74, 6) is -1.58. The summed E-state index contributed by atoms with van der Waals surface area (Å²) in [6.07, 6.45) is 4.93. The summed E-state index contributed by atoms with van der Waals surface area (Å²) in [6.45, 7) is 1.84. The standard InChI is InChI=1S/C14H18O6/c15-13(19-7-9-5-17-9)11-3-1-2-4-12(11)14(16)20-8-10-6-18-10/h1-2,9-12H,3-8H2/t9-,10+,11+,12-. The fraction of sp³-hybridized carbons (Fsp3) is 0.714. The molecule has 0 radical (unpaired) electrons. The van der Waals surface area contributed by atoms with Crippen molar-refractivity contribution in [3.8, 4) is 0 Å². The van der Waals surface area contributed by atoms with Gasteiger partial charge in [-0.3, -0.25) is 9.59 Å². The lowest BCUT2D eigenvalue weighted by atomic mass is 9.83. The fourth-order valence-electron chi connectivity index (χ4n) is 2.23. The molecule has 2 fully saturated rings. The third-order valence-corrected chi connectivity index (χ3v) is 3.67. The second kappa shape index (κ2) is 5.93. The smallest absolute Gasteiger partial charge is 0.310 e. The van der Waals surface area contributed by atoms with Gasteiger partial charge in [0.1, 0.15) is 25.4 Å². The summed E-state index contributed by atoms with van der Waals surface area (Å²) in [7, 11) is 0. The molecule has 2 saturated heterocycles. The van der Waals surface area contributed by atoms with Gasteiger partial charge in [0.05, 0.1) is 25.0 Å². The molecule has 0 bridgehead atoms. The van der Waals surface area contributed by atoms with Crippen LogP contribution in [0.4, 0.5) is 0 Å². The van der Waals surface area contributed by atoms with Crippen LogP contribution in [0.1, 0.15) is 12.8 Å². The molecule has 0 unspecified atom stereocenters. The van der Waals surface area contributed by atoms with Crippen molar-refractivity contribution >= 4 is 11.9 Å². The zero-order valence-corrected chi connectivity index (χ0v) is 11.2. The Bertz CT molecular complexity index is 372. The zero-order valence-electron chi connectivity index (χ0n) is 11.2. The van der Waals surface area contributed by atoms with Crippen LogP contribution in [0.3, 0.4) is 0 Å². The molecule has 3 aliphatic rings. The van der Waals surface area contributed by atoms with E-state index >= 15 is 0 Å². The van der Waals surface area contributed by atoms with Crippen LogP contribution < -0.4 is 0 Å². The van der Waals surface area contributed by atoms with Crippen LogP contribution in [0.15, 0.2) is 12.2 Å². The molecule has 0 amide bonds. The minimum absolute atomic E-state index is 0.0375. The number of ether oxygens (including phenoxy) is 4. The average Bonchev–Trinajstić information content (AvgIpc) is 3.36. The Balaban J connectivity index is 1.52. The van der Waals surface area contributed by atoms with E-state index in [0.29, 0.717) is 26.1 Å². The van der Waals surface area contributed by atoms with Crippen LogP contribution in [0.5, 0.6) is 0 Å². The fourth-order valence-corrected chi connectivity index (χ4v) is 2.23. The lowest BCUT2D eigenvalue weighted by molar-refractivity contribution is -0.161. The first-order valence-electron chi connectivity index (χ1n) is 6.95. The van der Waals surface area contributed by atoms with Crippen molar-refractivity contribution in [3.63, 3.8) is 0 Å². The highest BCUT2D eigenvalue weighted by molar-refractivity contribution is 5.82. The van der Waals surface area contributed by atoms with E-state index in [2.05, 4.69) is 0 Å². The third kappa shape index (κ3) is 3.58. The van der Waals surface area contributed by atoms with Crippen molar-refractivity contribution in [2.75, 3.05) is 26.4 Å². The van der Waals surface area contributed by atoms with E-state index in [1.165, 1.54) is 0 Å². The SMILES string of the molecule is O=C(OC[C@H]1CO1)[C@H]1CC=CC[C@H]1C(=O)OC[C@@H]1CO1. The number of hydrogen-bond acceptors (Lipinski definition) is 6. The summed E-state index contributed by atoms with van der Waals surface area (Å²) >= 11 is 0. The van der Waals surface area contributed by atoms with Gasteiger partial charge in [-0.1, -0.05) is 12.2 Å². The molecule has 0 aromatic rings. The molecule has 0 aromatic heterocycles. The highest BCUT2D eigenvalue weighted by Crippen LogP contribution is 2.28. The molecular weight excluding hydrogens is 264 g/mol. The third-order valence-electron chi connectivity index (χ3n) is 3.67. The minimum atomic E-state index is -0.452. The van der Waals surface area contributed by atoms with Crippen molar-refractivity contribution in [1.29, 1.82) is 0 Å². The number of epoxide rings is 2. The summed E-state index contributed by atoms with van der Waals surface area (Å²) in [4.78, 5) is 24.1. The van der Waals surface area contributed by atoms with Crippen molar-refractivity contribution in [2.24, 2.45) is 11.8 Å². The van der Waals surface area contributed by atoms with Gasteiger partial charge >= 0.3 is 11.9 Å². The Morgan fingerprint density at radius 3 is 1.65 bits per heavy atom. The Labute approximate surface area is 117 Å². The van der Waals surface area contributed by atoms with Gasteiger partial charge in [-0.05, 0) is 12.8 Å². The Morgan fingerprint density at radius 2 is 1.30 bits per heavy atom. The monoisotopic (exact) mass is 282 g/mol. The maximum atomic E-state index is 12.1. The highest BCUT2D eigenvalue weighted by Gasteiger charge is 2.38. The van der Waals surface area contributed by atoms with Crippen molar-refractivity contribution in [2.45, 2.75) is 25.0 Å². The topological polar surface area (TPSA) is 77.7 Å². The molecule has 4 atom stereocenters. The summed E-state index contributed by atoms with van der Waals surface area (Å²) < 4.78 is 20.4. The molecule has 2 aliphatic heterocycles. The average molecular weight is 282 g/mol. The van der Waals surface area contributed by atoms with Crippen LogP contribution in [-0.4, -0.2) is 50.6 Å². The molecule has 0 N–H and O–H groups in total. The number of allylic oxidation sites excluding steroid dienone is 2. The Kier molecular flexibility index (Phi) is 4.03. The second-order valence-electron chi connectivity index (χ2n) is 5.33. The van der Waals surface area contributed by atoms with E-state index in [1.807, 2.05) is 12.2 Å². The predicted octanol–water partition coefficient (Wildman–Crippen LogP) is 0.453. The van der Waals surface area contributed by atoms with Gasteiger partial charge in [0.2, 0.25) is 0 Å². The van der Waals surface area contributed by atoms with E-state index in [4.69, 9.17) is 18.9 Å². The minimum Gasteiger partial charge on any atom is -0.463 e. The molecule has 1 aliphatic carbocycles. The van der Waals surface area contributed by atoms with Crippen LogP contribution >= 0.6 is 0 Å². The molecule has 6 heteroatoms. The molecule has 6 nitrogen and oxygen atoms in total. The molecule has 20 heavy (non-hydrogen) atoms. The maximum absolute atomic E-state index is 12.1. The summed E-state index contributed by atoms with van der Waals surface area (Å²) in [5, 5.41) is 0. The van der Waals surface area contributed by atoms with E-state index < -0.39 is 11.8 Å². The van der Waals surface area contributed by atoms with Crippen LogP contribution in [0.25, 0.3) is 0 Å². The van der Waals surface area contributed by atoms with E-state index in [-0.39, 0.29) is 37.4 Å². The molecule has 0 saturated carbocycles. The van der Waals surface area contributed by atoms with Gasteiger partial charge in [-0.2, -0.15) is 0 Å². The van der Waals surface area contributed by atoms with E-state index in [0.717, 1.165) is 0 Å². The first kappa shape index (κ1) is 13.6. The summed E-state index contributed by atoms with van der Waals surface area (Å²) in [5.41, 5.74) is 0. The van der Waals surface area contributed by atoms with Crippen LogP contribution in [0.2, 0.25) is 0 Å². The Morgan fingerprint density at radius 1 is 0.900 bits per heavy atom. The normalized spacial score (nSPS) is 34.4. The number of hydrogen-bond donors (Lipinski definition) is 0. The number of carbonyl (C=O) groups excluding carboxylic acids is 2. The van der Waals surface area contributed by atoms with E-state index in [1.54, 1.807) is 0 Å². The molecule has 0 spiro atoms.